The predicted molar refractivity (Wildman–Crippen MR) is 269 cm³/mol. The summed E-state index contributed by atoms with van der Waals surface area (Å²) < 4.78 is 56.9. The fraction of sp³-hybridized carbons (Fsp3) is 0.660. The summed E-state index contributed by atoms with van der Waals surface area (Å²) in [6, 6.07) is 8.55. The predicted octanol–water partition coefficient (Wildman–Crippen LogP) is -1.58. The number of primary amides is 2. The summed E-state index contributed by atoms with van der Waals surface area (Å²) in [7, 11) is -1.61. The number of fused-ring (bicyclic) bond motifs is 1. The van der Waals surface area contributed by atoms with E-state index in [1.165, 1.54) is 18.7 Å². The number of quaternary nitrogens is 1. The van der Waals surface area contributed by atoms with Crippen molar-refractivity contribution in [2.45, 2.75) is 154 Å². The molecule has 3 aromatic rings. The van der Waals surface area contributed by atoms with Crippen molar-refractivity contribution < 1.29 is 97.1 Å². The Morgan fingerprint density at radius 1 is 0.759 bits per heavy atom. The van der Waals surface area contributed by atoms with Gasteiger partial charge in [0.2, 0.25) is 11.6 Å². The number of amides is 2. The van der Waals surface area contributed by atoms with Crippen LogP contribution in [0.3, 0.4) is 0 Å². The van der Waals surface area contributed by atoms with Gasteiger partial charge in [0.25, 0.3) is 11.8 Å². The van der Waals surface area contributed by atoms with E-state index < -0.39 is 105 Å². The van der Waals surface area contributed by atoms with Crippen LogP contribution in [0.4, 0.5) is 13.2 Å². The van der Waals surface area contributed by atoms with Gasteiger partial charge in [-0.1, -0.05) is 84.7 Å². The summed E-state index contributed by atoms with van der Waals surface area (Å²) >= 11 is 0. The van der Waals surface area contributed by atoms with Crippen molar-refractivity contribution in [3.05, 3.63) is 60.2 Å². The van der Waals surface area contributed by atoms with Crippen molar-refractivity contribution in [1.29, 1.82) is 0 Å². The van der Waals surface area contributed by atoms with Crippen LogP contribution in [0.5, 0.6) is 0 Å². The molecule has 6 rings (SSSR count). The zero-order valence-corrected chi connectivity index (χ0v) is 45.2. The minimum atomic E-state index is -5.19. The van der Waals surface area contributed by atoms with Crippen LogP contribution in [0.2, 0.25) is 13.6 Å². The number of halogens is 3. The number of carboxylic acid groups (broad SMARTS) is 2. The first-order valence-electron chi connectivity index (χ1n) is 25.7. The number of hydrogen-bond acceptors (Lipinski definition) is 21. The van der Waals surface area contributed by atoms with Gasteiger partial charge in [0.1, 0.15) is 62.2 Å². The molecule has 2 aromatic heterocycles. The average Bonchev–Trinajstić information content (AvgIpc) is 4.37. The van der Waals surface area contributed by atoms with Crippen molar-refractivity contribution in [2.75, 3.05) is 13.2 Å². The molecule has 440 valence electrons. The maximum atomic E-state index is 12.9. The zero-order chi connectivity index (χ0) is 59.6. The molecule has 2 amide bonds. The molecule has 79 heavy (non-hydrogen) atoms. The molecule has 3 aliphatic rings. The fourth-order valence-corrected chi connectivity index (χ4v) is 8.74. The molecule has 14 N–H and O–H groups in total. The number of nitrogens with zero attached hydrogens (tertiary/aromatic N) is 6. The van der Waals surface area contributed by atoms with E-state index >= 15 is 0 Å². The van der Waals surface area contributed by atoms with Crippen LogP contribution in [0.15, 0.2) is 43.0 Å². The van der Waals surface area contributed by atoms with Crippen LogP contribution in [0.1, 0.15) is 119 Å². The molecule has 7 unspecified atom stereocenters. The van der Waals surface area contributed by atoms with Crippen LogP contribution >= 0.6 is 0 Å². The number of aliphatic hydroxyl groups excluding tert-OH is 2. The van der Waals surface area contributed by atoms with E-state index in [2.05, 4.69) is 48.5 Å². The zero-order valence-electron chi connectivity index (χ0n) is 45.2. The lowest BCUT2D eigenvalue weighted by Gasteiger charge is -2.25. The molecule has 1 aliphatic carbocycles. The molecule has 0 radical (unpaired) electrons. The molecule has 2 saturated heterocycles. The Hall–Kier alpha value is -6.12. The molecule has 3 fully saturated rings. The highest BCUT2D eigenvalue weighted by Crippen LogP contribution is 2.54. The van der Waals surface area contributed by atoms with Crippen LogP contribution < -0.4 is 32.8 Å². The Balaban J connectivity index is 0.000000323. The smallest absolute Gasteiger partial charge is 0.430 e. The van der Waals surface area contributed by atoms with Gasteiger partial charge in [0.05, 0.1) is 6.10 Å². The Morgan fingerprint density at radius 3 is 1.66 bits per heavy atom. The number of carboxylic acids is 2. The van der Waals surface area contributed by atoms with Gasteiger partial charge >= 0.3 is 38.2 Å². The Labute approximate surface area is 454 Å². The number of aromatic nitrogens is 6. The van der Waals surface area contributed by atoms with Crippen LogP contribution in [0.25, 0.3) is 0 Å². The third-order valence-corrected chi connectivity index (χ3v) is 13.8. The third-order valence-electron chi connectivity index (χ3n) is 13.8. The van der Waals surface area contributed by atoms with Gasteiger partial charge in [-0.05, 0) is 62.1 Å². The van der Waals surface area contributed by atoms with E-state index in [9.17, 15) is 52.4 Å². The minimum Gasteiger partial charge on any atom is -0.542 e. The van der Waals surface area contributed by atoms with Crippen molar-refractivity contribution in [3.63, 3.8) is 0 Å². The molecule has 32 heteroatoms. The molecular weight excluding hydrogens is 1050 g/mol. The molecule has 0 spiro atoms. The van der Waals surface area contributed by atoms with Crippen molar-refractivity contribution in [1.82, 2.24) is 40.0 Å². The van der Waals surface area contributed by atoms with E-state index in [-0.39, 0.29) is 60.6 Å². The number of nitrogens with two attached hydrogens (primary N) is 2. The number of aliphatic carboxylic acids is 2. The summed E-state index contributed by atoms with van der Waals surface area (Å²) in [6.45, 7) is 14.5. The number of benzene rings is 1. The minimum absolute atomic E-state index is 0.00148. The van der Waals surface area contributed by atoms with E-state index in [1.54, 1.807) is 11.5 Å². The first-order chi connectivity index (χ1) is 37.0. The molecule has 1 aromatic carbocycles. The van der Waals surface area contributed by atoms with Gasteiger partial charge in [-0.15, -0.1) is 10.2 Å². The second kappa shape index (κ2) is 31.0. The Morgan fingerprint density at radius 2 is 1.20 bits per heavy atom. The normalized spacial score (nSPS) is 24.4. The van der Waals surface area contributed by atoms with Crippen LogP contribution in [0, 0.1) is 29.6 Å². The quantitative estimate of drug-likeness (QED) is 0.0401. The lowest BCUT2D eigenvalue weighted by molar-refractivity contribution is -0.420. The topological polar surface area (TPSA) is 429 Å². The lowest BCUT2D eigenvalue weighted by atomic mass is 9.84. The number of alkyl halides is 3. The Bertz CT molecular complexity index is 2430. The molecule has 2 aliphatic heterocycles. The second-order valence-corrected chi connectivity index (χ2v) is 19.6. The highest BCUT2D eigenvalue weighted by molar-refractivity contribution is 6.46. The number of esters is 2. The van der Waals surface area contributed by atoms with E-state index in [1.807, 2.05) is 59.7 Å². The maximum absolute atomic E-state index is 12.9. The monoisotopic (exact) mass is 1130 g/mol. The standard InChI is InChI=1S/C24H34BN5O5.C14H23N5O6.C7H16BNO3.C2HF3O2/c1-4-14(2)20(28-25(3)33)24(32)34-12-19-17-10-16(15-8-6-5-7-9-15)11-18(17)23(35-19)30-13-27-22(29-30)21(26)31;1-3-6(2)8(15)14(23)24-4-7-9(20)10(21)13(25-7)19-5-17-12(18-19)11(16)22;1-4-5(2)6(7(10)11)9-8(3)12;3-2(4,5)1(6)7/h5-9,13-14,16-20,23,28,33H,4,10-12H2,1-3H3,(H2,26,31);5-10,13,20-21H,3-4,15H2,1-2H3,(H2,16,22);5-6,9,12H,4H2,1-3H3,(H,10,11);(H,6,7)/t14-,16?,17?,18+,19+,20?,23+;6-,7+,8?,9?,10?,13+;5-,6?;/m000./s1. The summed E-state index contributed by atoms with van der Waals surface area (Å²) in [6.07, 6.45) is -3.90. The van der Waals surface area contributed by atoms with Crippen molar-refractivity contribution in [3.8, 4) is 0 Å². The molecular formula is C47H74B2F3N11O16. The van der Waals surface area contributed by atoms with Crippen LogP contribution in [-0.4, -0.2) is 167 Å². The largest absolute Gasteiger partial charge is 0.542 e. The van der Waals surface area contributed by atoms with Gasteiger partial charge in [0.15, 0.2) is 18.5 Å². The van der Waals surface area contributed by atoms with Crippen LogP contribution in [-0.2, 0) is 38.1 Å². The van der Waals surface area contributed by atoms with E-state index in [0.717, 1.165) is 43.1 Å². The van der Waals surface area contributed by atoms with Gasteiger partial charge in [-0.2, -0.15) is 13.2 Å². The van der Waals surface area contributed by atoms with E-state index in [0.29, 0.717) is 5.92 Å². The number of carbonyl (C=O) groups is 6. The molecule has 0 bridgehead atoms. The molecule has 1 saturated carbocycles. The molecule has 15 atom stereocenters. The number of carbonyl (C=O) groups excluding carboxylic acids is 5. The third kappa shape index (κ3) is 19.6. The van der Waals surface area contributed by atoms with E-state index in [4.69, 9.17) is 50.4 Å². The van der Waals surface area contributed by atoms with Gasteiger partial charge < -0.3 is 81.9 Å². The molecule has 4 heterocycles. The fourth-order valence-electron chi connectivity index (χ4n) is 8.74. The van der Waals surface area contributed by atoms with Crippen molar-refractivity contribution >= 4 is 49.8 Å². The summed E-state index contributed by atoms with van der Waals surface area (Å²) in [4.78, 5) is 74.6. The first-order valence-corrected chi connectivity index (χ1v) is 25.7. The highest BCUT2D eigenvalue weighted by atomic mass is 19.4. The number of aliphatic hydroxyl groups is 2. The summed E-state index contributed by atoms with van der Waals surface area (Å²) in [5.41, 5.74) is 15.5. The van der Waals surface area contributed by atoms with Gasteiger partial charge in [-0.25, -0.2) is 24.1 Å². The maximum Gasteiger partial charge on any atom is 0.430 e. The molecule has 27 nitrogen and oxygen atoms in total. The number of hydrogen-bond donors (Lipinski definition) is 10. The van der Waals surface area contributed by atoms with Gasteiger partial charge in [0, 0.05) is 11.8 Å². The van der Waals surface area contributed by atoms with Crippen molar-refractivity contribution in [2.24, 2.45) is 41.1 Å². The average molecular weight is 1130 g/mol. The van der Waals surface area contributed by atoms with Gasteiger partial charge in [-0.3, -0.25) is 19.2 Å². The number of rotatable bonds is 22. The SMILES string of the molecule is CC[C@H](C)C(NB(C)O)C(=O)O.CC[C@H](C)C(NB(C)O)C(=O)OC[C@H]1O[C@@H](n2cnc(C(N)=O)n2)[C@@H]2CC(c3ccccc3)CC21.CC[C@H](C)C([NH3+])C(=O)OC[C@H]1O[C@@H](n2cnc(C(N)=O)n2)C(O)C1O.O=C([O-])C(F)(F)F. The summed E-state index contributed by atoms with van der Waals surface area (Å²) in [5, 5.41) is 69.9. The first kappa shape index (κ1) is 67.2. The number of ether oxygens (including phenoxy) is 4. The second-order valence-electron chi connectivity index (χ2n) is 19.6. The Kier molecular flexibility index (Phi) is 26.4. The lowest BCUT2D eigenvalue weighted by Crippen LogP contribution is -2.68. The highest BCUT2D eigenvalue weighted by Gasteiger charge is 2.52. The summed E-state index contributed by atoms with van der Waals surface area (Å²) in [5.74, 6) is -5.96. The number of nitrogens with one attached hydrogen (secondary N) is 2.